The van der Waals surface area contributed by atoms with Gasteiger partial charge in [-0.3, -0.25) is 0 Å². The highest BCUT2D eigenvalue weighted by molar-refractivity contribution is 7.10. The Morgan fingerprint density at radius 2 is 2.56 bits per heavy atom. The number of piperidine rings is 1. The second-order valence-corrected chi connectivity index (χ2v) is 5.51. The zero-order valence-electron chi connectivity index (χ0n) is 9.95. The summed E-state index contributed by atoms with van der Waals surface area (Å²) in [4.78, 5) is 1.33. The van der Waals surface area contributed by atoms with E-state index in [4.69, 9.17) is 4.74 Å². The average Bonchev–Trinajstić information content (AvgIpc) is 2.84. The minimum atomic E-state index is 0.261. The molecule has 0 spiro atoms. The number of nitrogens with one attached hydrogen (secondary N) is 1. The lowest BCUT2D eigenvalue weighted by molar-refractivity contribution is 0.0560. The van der Waals surface area contributed by atoms with Crippen LogP contribution in [-0.2, 0) is 4.74 Å². The molecule has 0 amide bonds. The third kappa shape index (κ3) is 3.58. The Labute approximate surface area is 102 Å². The maximum Gasteiger partial charge on any atom is 0.0888 e. The number of hydrogen-bond donors (Lipinski definition) is 1. The van der Waals surface area contributed by atoms with Crippen molar-refractivity contribution < 1.29 is 4.74 Å². The zero-order valence-corrected chi connectivity index (χ0v) is 10.8. The first-order valence-corrected chi connectivity index (χ1v) is 7.10. The summed E-state index contributed by atoms with van der Waals surface area (Å²) in [5.41, 5.74) is 0. The molecule has 1 aliphatic heterocycles. The molecule has 0 unspecified atom stereocenters. The maximum atomic E-state index is 5.87. The molecule has 16 heavy (non-hydrogen) atoms. The van der Waals surface area contributed by atoms with Crippen molar-refractivity contribution in [3.05, 3.63) is 22.4 Å². The van der Waals surface area contributed by atoms with Crippen LogP contribution in [0.15, 0.2) is 17.5 Å². The van der Waals surface area contributed by atoms with E-state index < -0.39 is 0 Å². The third-order valence-electron chi connectivity index (χ3n) is 3.24. The summed E-state index contributed by atoms with van der Waals surface area (Å²) in [6.07, 6.45) is 4.15. The first-order valence-electron chi connectivity index (χ1n) is 6.22. The highest BCUT2D eigenvalue weighted by Gasteiger charge is 2.13. The van der Waals surface area contributed by atoms with Crippen LogP contribution in [0.2, 0.25) is 0 Å². The van der Waals surface area contributed by atoms with Crippen molar-refractivity contribution in [2.45, 2.75) is 32.3 Å². The molecule has 1 aromatic rings. The summed E-state index contributed by atoms with van der Waals surface area (Å²) in [5.74, 6) is 0.823. The Hall–Kier alpha value is -0.380. The molecule has 0 bridgehead atoms. The van der Waals surface area contributed by atoms with Gasteiger partial charge in [-0.15, -0.1) is 11.3 Å². The van der Waals surface area contributed by atoms with E-state index in [2.05, 4.69) is 29.8 Å². The van der Waals surface area contributed by atoms with Crippen LogP contribution in [0.25, 0.3) is 0 Å². The van der Waals surface area contributed by atoms with Gasteiger partial charge in [-0.05, 0) is 56.6 Å². The first kappa shape index (κ1) is 12.1. The van der Waals surface area contributed by atoms with Crippen molar-refractivity contribution in [1.29, 1.82) is 0 Å². The van der Waals surface area contributed by atoms with Crippen LogP contribution in [0.4, 0.5) is 0 Å². The van der Waals surface area contributed by atoms with Crippen molar-refractivity contribution in [2.24, 2.45) is 5.92 Å². The van der Waals surface area contributed by atoms with Gasteiger partial charge in [0.05, 0.1) is 6.10 Å². The zero-order chi connectivity index (χ0) is 11.2. The lowest BCUT2D eigenvalue weighted by atomic mass is 9.97. The van der Waals surface area contributed by atoms with Crippen LogP contribution >= 0.6 is 11.3 Å². The fraction of sp³-hybridized carbons (Fsp3) is 0.692. The molecule has 2 nitrogen and oxygen atoms in total. The van der Waals surface area contributed by atoms with Crippen molar-refractivity contribution in [3.63, 3.8) is 0 Å². The SMILES string of the molecule is C[C@H](OCC[C@@H]1CCCNC1)c1cccs1. The van der Waals surface area contributed by atoms with Crippen molar-refractivity contribution >= 4 is 11.3 Å². The summed E-state index contributed by atoms with van der Waals surface area (Å²) in [5, 5.41) is 5.56. The van der Waals surface area contributed by atoms with Gasteiger partial charge in [-0.1, -0.05) is 6.07 Å². The molecule has 0 aliphatic carbocycles. The lowest BCUT2D eigenvalue weighted by Gasteiger charge is -2.23. The van der Waals surface area contributed by atoms with Gasteiger partial charge in [0, 0.05) is 11.5 Å². The lowest BCUT2D eigenvalue weighted by Crippen LogP contribution is -2.30. The Bertz CT molecular complexity index is 280. The van der Waals surface area contributed by atoms with E-state index in [0.29, 0.717) is 0 Å². The fourth-order valence-electron chi connectivity index (χ4n) is 2.19. The van der Waals surface area contributed by atoms with Gasteiger partial charge in [0.15, 0.2) is 0 Å². The van der Waals surface area contributed by atoms with E-state index in [9.17, 15) is 0 Å². The smallest absolute Gasteiger partial charge is 0.0888 e. The molecule has 0 radical (unpaired) electrons. The maximum absolute atomic E-state index is 5.87. The molecule has 1 saturated heterocycles. The molecule has 90 valence electrons. The Morgan fingerprint density at radius 1 is 1.62 bits per heavy atom. The molecule has 1 fully saturated rings. The minimum Gasteiger partial charge on any atom is -0.373 e. The standard InChI is InChI=1S/C13H21NOS/c1-11(13-5-3-9-16-13)15-8-6-12-4-2-7-14-10-12/h3,5,9,11-12,14H,2,4,6-8,10H2,1H3/t11-,12-/m0/s1. The first-order chi connectivity index (χ1) is 7.86. The Kier molecular flexibility index (Phi) is 4.82. The van der Waals surface area contributed by atoms with Crippen molar-refractivity contribution in [1.82, 2.24) is 5.32 Å². The molecule has 1 N–H and O–H groups in total. The summed E-state index contributed by atoms with van der Waals surface area (Å²) in [7, 11) is 0. The molecule has 2 rings (SSSR count). The van der Waals surface area contributed by atoms with Gasteiger partial charge >= 0.3 is 0 Å². The third-order valence-corrected chi connectivity index (χ3v) is 4.27. The van der Waals surface area contributed by atoms with Crippen molar-refractivity contribution in [3.8, 4) is 0 Å². The largest absolute Gasteiger partial charge is 0.373 e. The van der Waals surface area contributed by atoms with Gasteiger partial charge < -0.3 is 10.1 Å². The molecule has 0 aromatic carbocycles. The summed E-state index contributed by atoms with van der Waals surface area (Å²) in [6.45, 7) is 5.41. The second-order valence-electron chi connectivity index (χ2n) is 4.53. The molecule has 1 aromatic heterocycles. The summed E-state index contributed by atoms with van der Waals surface area (Å²) < 4.78 is 5.87. The van der Waals surface area contributed by atoms with Gasteiger partial charge in [-0.25, -0.2) is 0 Å². The molecule has 3 heteroatoms. The monoisotopic (exact) mass is 239 g/mol. The Balaban J connectivity index is 1.63. The quantitative estimate of drug-likeness (QED) is 0.852. The van der Waals surface area contributed by atoms with Crippen LogP contribution in [0.1, 0.15) is 37.2 Å². The van der Waals surface area contributed by atoms with E-state index in [1.165, 1.54) is 37.2 Å². The van der Waals surface area contributed by atoms with Crippen molar-refractivity contribution in [2.75, 3.05) is 19.7 Å². The fourth-order valence-corrected chi connectivity index (χ4v) is 2.92. The number of thiophene rings is 1. The van der Waals surface area contributed by atoms with Crippen LogP contribution < -0.4 is 5.32 Å². The van der Waals surface area contributed by atoms with E-state index in [1.807, 2.05) is 0 Å². The predicted octanol–water partition coefficient (Wildman–Crippen LogP) is 3.22. The molecular weight excluding hydrogens is 218 g/mol. The minimum absolute atomic E-state index is 0.261. The van der Waals surface area contributed by atoms with Gasteiger partial charge in [0.2, 0.25) is 0 Å². The van der Waals surface area contributed by atoms with Gasteiger partial charge in [0.25, 0.3) is 0 Å². The second kappa shape index (κ2) is 6.38. The predicted molar refractivity (Wildman–Crippen MR) is 68.9 cm³/mol. The van der Waals surface area contributed by atoms with Crippen LogP contribution in [0.3, 0.4) is 0 Å². The molecule has 2 atom stereocenters. The summed E-state index contributed by atoms with van der Waals surface area (Å²) >= 11 is 1.78. The highest BCUT2D eigenvalue weighted by atomic mass is 32.1. The molecular formula is C13H21NOS. The number of rotatable bonds is 5. The normalized spacial score (nSPS) is 23.2. The molecule has 2 heterocycles. The van der Waals surface area contributed by atoms with E-state index >= 15 is 0 Å². The van der Waals surface area contributed by atoms with Crippen LogP contribution in [-0.4, -0.2) is 19.7 Å². The summed E-state index contributed by atoms with van der Waals surface area (Å²) in [6, 6.07) is 4.24. The van der Waals surface area contributed by atoms with E-state index in [1.54, 1.807) is 11.3 Å². The topological polar surface area (TPSA) is 21.3 Å². The van der Waals surface area contributed by atoms with E-state index in [-0.39, 0.29) is 6.10 Å². The van der Waals surface area contributed by atoms with Crippen LogP contribution in [0.5, 0.6) is 0 Å². The highest BCUT2D eigenvalue weighted by Crippen LogP contribution is 2.23. The van der Waals surface area contributed by atoms with E-state index in [0.717, 1.165) is 12.5 Å². The van der Waals surface area contributed by atoms with Gasteiger partial charge in [0.1, 0.15) is 0 Å². The van der Waals surface area contributed by atoms with Crippen LogP contribution in [0, 0.1) is 5.92 Å². The van der Waals surface area contributed by atoms with Gasteiger partial charge in [-0.2, -0.15) is 0 Å². The number of ether oxygens (including phenoxy) is 1. The molecule has 0 saturated carbocycles. The molecule has 1 aliphatic rings. The average molecular weight is 239 g/mol. The Morgan fingerprint density at radius 3 is 3.25 bits per heavy atom. The number of hydrogen-bond acceptors (Lipinski definition) is 3.